The number of H-pyrrole nitrogens is 1. The maximum absolute atomic E-state index is 15.7. The second-order valence-electron chi connectivity index (χ2n) is 18.9. The number of aromatic nitrogens is 2. The third-order valence-corrected chi connectivity index (χ3v) is 15.9. The number of halogens is 2. The van der Waals surface area contributed by atoms with E-state index in [-0.39, 0.29) is 42.0 Å². The van der Waals surface area contributed by atoms with Crippen LogP contribution < -0.4 is 15.4 Å². The lowest BCUT2D eigenvalue weighted by atomic mass is 9.99. The normalized spacial score (nSPS) is 16.2. The fraction of sp³-hybridized carbons (Fsp3) is 0.415. The molecule has 0 spiro atoms. The number of fused-ring (bicyclic) bond motifs is 2. The zero-order chi connectivity index (χ0) is 52.7. The van der Waals surface area contributed by atoms with Gasteiger partial charge < -0.3 is 25.3 Å². The molecule has 18 nitrogen and oxygen atoms in total. The number of imide groups is 1. The number of rotatable bonds is 22. The van der Waals surface area contributed by atoms with Gasteiger partial charge in [0.15, 0.2) is 5.82 Å². The summed E-state index contributed by atoms with van der Waals surface area (Å²) in [7, 11) is -1.42. The minimum Gasteiger partial charge on any atom is -0.384 e. The zero-order valence-electron chi connectivity index (χ0n) is 41.8. The Morgan fingerprint density at radius 3 is 2.36 bits per heavy atom. The van der Waals surface area contributed by atoms with E-state index in [9.17, 15) is 37.2 Å². The van der Waals surface area contributed by atoms with E-state index in [2.05, 4.69) is 47.3 Å². The van der Waals surface area contributed by atoms with Gasteiger partial charge in [-0.05, 0) is 73.6 Å². The Bertz CT molecular complexity index is 3030. The molecular formula is C53H62F2N10O8S. The molecule has 0 bridgehead atoms. The summed E-state index contributed by atoms with van der Waals surface area (Å²) in [5.74, 6) is -4.90. The molecule has 2 fully saturated rings. The lowest BCUT2D eigenvalue weighted by Gasteiger charge is -2.43. The number of hydrogen-bond acceptors (Lipinski definition) is 12. The number of carbonyl (C=O) groups is 6. The van der Waals surface area contributed by atoms with Crippen LogP contribution in [0.5, 0.6) is 0 Å². The van der Waals surface area contributed by atoms with Crippen molar-refractivity contribution in [1.82, 2.24) is 39.2 Å². The van der Waals surface area contributed by atoms with Crippen molar-refractivity contribution in [3.05, 3.63) is 113 Å². The highest BCUT2D eigenvalue weighted by Gasteiger charge is 2.44. The molecule has 1 unspecified atom stereocenters. The van der Waals surface area contributed by atoms with Crippen molar-refractivity contribution < 1.29 is 46.0 Å². The van der Waals surface area contributed by atoms with Gasteiger partial charge >= 0.3 is 10.2 Å². The van der Waals surface area contributed by atoms with Crippen LogP contribution in [0.3, 0.4) is 0 Å². The van der Waals surface area contributed by atoms with E-state index < -0.39 is 62.6 Å². The lowest BCUT2D eigenvalue weighted by Crippen LogP contribution is -2.53. The number of aldehydes is 1. The van der Waals surface area contributed by atoms with Crippen molar-refractivity contribution in [3.63, 3.8) is 0 Å². The largest absolute Gasteiger partial charge is 0.384 e. The molecule has 2 saturated heterocycles. The number of carbonyl (C=O) groups excluding carboxylic acids is 6. The molecular weight excluding hydrogens is 975 g/mol. The van der Waals surface area contributed by atoms with Crippen LogP contribution in [-0.4, -0.2) is 157 Å². The summed E-state index contributed by atoms with van der Waals surface area (Å²) in [4.78, 5) is 92.5. The van der Waals surface area contributed by atoms with Gasteiger partial charge in [0.05, 0.1) is 22.4 Å². The van der Waals surface area contributed by atoms with Gasteiger partial charge in [0.25, 0.3) is 11.8 Å². The quantitative estimate of drug-likeness (QED) is 0.0279. The molecule has 0 aliphatic carbocycles. The number of likely N-dealkylation sites (N-methyl/N-ethyl adjacent to an activating group) is 1. The first kappa shape index (κ1) is 53.4. The number of hydrogen-bond donors (Lipinski definition) is 4. The predicted molar refractivity (Wildman–Crippen MR) is 276 cm³/mol. The van der Waals surface area contributed by atoms with E-state index in [1.807, 2.05) is 17.0 Å². The van der Waals surface area contributed by atoms with Crippen LogP contribution in [0.25, 0.3) is 22.2 Å². The minimum atomic E-state index is -4.14. The van der Waals surface area contributed by atoms with E-state index in [1.165, 1.54) is 20.3 Å². The summed E-state index contributed by atoms with van der Waals surface area (Å²) in [6, 6.07) is 15.9. The first-order valence-electron chi connectivity index (χ1n) is 25.1. The van der Waals surface area contributed by atoms with Gasteiger partial charge in [-0.2, -0.15) is 12.7 Å². The number of pyridine rings is 1. The van der Waals surface area contributed by atoms with Crippen LogP contribution in [0.15, 0.2) is 73.1 Å². The number of aromatic amines is 1. The number of ketones is 1. The van der Waals surface area contributed by atoms with Crippen LogP contribution in [0.1, 0.15) is 100 Å². The van der Waals surface area contributed by atoms with Crippen molar-refractivity contribution in [1.29, 1.82) is 0 Å². The number of nitrogens with one attached hydrogen (secondary N) is 4. The number of piperazine rings is 1. The first-order chi connectivity index (χ1) is 35.6. The van der Waals surface area contributed by atoms with Crippen molar-refractivity contribution in [2.45, 2.75) is 76.9 Å². The molecule has 0 radical (unpaired) electrons. The van der Waals surface area contributed by atoms with Crippen molar-refractivity contribution in [2.24, 2.45) is 0 Å². The number of anilines is 2. The van der Waals surface area contributed by atoms with Gasteiger partial charge in [-0.3, -0.25) is 43.4 Å². The average Bonchev–Trinajstić information content (AvgIpc) is 3.95. The van der Waals surface area contributed by atoms with Crippen LogP contribution >= 0.6 is 0 Å². The average molecular weight is 1040 g/mol. The third-order valence-electron chi connectivity index (χ3n) is 14.4. The second kappa shape index (κ2) is 23.5. The molecule has 74 heavy (non-hydrogen) atoms. The maximum Gasteiger partial charge on any atom is 0.301 e. The van der Waals surface area contributed by atoms with Crippen LogP contribution in [-0.2, 0) is 31.1 Å². The first-order valence-corrected chi connectivity index (χ1v) is 26.5. The van der Waals surface area contributed by atoms with Crippen molar-refractivity contribution in [2.75, 3.05) is 76.5 Å². The van der Waals surface area contributed by atoms with E-state index in [0.717, 1.165) is 110 Å². The Morgan fingerprint density at radius 2 is 1.66 bits per heavy atom. The number of amides is 4. The number of piperidine rings is 1. The van der Waals surface area contributed by atoms with E-state index in [0.29, 0.717) is 47.6 Å². The number of benzene rings is 3. The molecule has 4 N–H and O–H groups in total. The Labute approximate surface area is 429 Å². The zero-order valence-corrected chi connectivity index (χ0v) is 42.6. The van der Waals surface area contributed by atoms with Gasteiger partial charge in [-0.1, -0.05) is 43.7 Å². The molecule has 4 amide bonds. The molecule has 3 aromatic carbocycles. The lowest BCUT2D eigenvalue weighted by molar-refractivity contribution is -0.133. The summed E-state index contributed by atoms with van der Waals surface area (Å²) in [5, 5.41) is 6.12. The predicted octanol–water partition coefficient (Wildman–Crippen LogP) is 5.82. The van der Waals surface area contributed by atoms with Gasteiger partial charge in [0, 0.05) is 126 Å². The Balaban J connectivity index is 0.758. The minimum absolute atomic E-state index is 0.0174. The topological polar surface area (TPSA) is 218 Å². The molecule has 3 aliphatic rings. The summed E-state index contributed by atoms with van der Waals surface area (Å²) in [6.45, 7) is 8.16. The molecule has 2 aromatic heterocycles. The van der Waals surface area contributed by atoms with E-state index in [1.54, 1.807) is 37.4 Å². The monoisotopic (exact) mass is 1040 g/mol. The molecule has 1 atom stereocenters. The summed E-state index contributed by atoms with van der Waals surface area (Å²) >= 11 is 0. The highest BCUT2D eigenvalue weighted by molar-refractivity contribution is 7.90. The fourth-order valence-electron chi connectivity index (χ4n) is 10.0. The fourth-order valence-corrected chi connectivity index (χ4v) is 10.9. The Hall–Kier alpha value is -6.94. The van der Waals surface area contributed by atoms with Gasteiger partial charge in [0.1, 0.15) is 23.8 Å². The SMILES string of the molecule is CCN(C)S(=O)(=O)Nc1ccc(F)c(C(=O)c2c[nH]c3ncc(-c4ccc(CN5CCN(C6CCN(C(=O)CCCCCNc7cccc8c7C(=O)N(C(CCC=O)C(=O)NC)C8=O)CC6)CC5)cc4)cc23)c1F. The van der Waals surface area contributed by atoms with Crippen LogP contribution in [0.4, 0.5) is 20.2 Å². The third kappa shape index (κ3) is 11.5. The van der Waals surface area contributed by atoms with Crippen molar-refractivity contribution >= 4 is 68.3 Å². The number of unbranched alkanes of at least 4 members (excludes halogenated alkanes) is 2. The molecule has 0 saturated carbocycles. The molecule has 8 rings (SSSR count). The Morgan fingerprint density at radius 1 is 0.919 bits per heavy atom. The molecule has 5 heterocycles. The standard InChI is InChI=1S/C53H62F2N10O8S/c1-4-61(3)74(72,73)60-43-19-18-41(54)47(48(43)55)49(68)40-32-59-50-39(40)30-36(31-58-50)35-16-14-34(15-17-35)33-62-25-27-63(28-26-62)37-20-23-64(24-21-37)45(67)13-6-5-7-22-57-42-11-8-10-38-46(42)53(71)65(52(38)70)44(12-9-29-66)51(69)56-2/h8,10-11,14-19,29-32,37,44,57,60H,4-7,9,12-13,20-28,33H2,1-3H3,(H,56,69)(H,58,59). The number of likely N-dealkylation sites (tertiary alicyclic amines) is 1. The Kier molecular flexibility index (Phi) is 17.0. The van der Waals surface area contributed by atoms with Gasteiger partial charge in [-0.15, -0.1) is 0 Å². The second-order valence-corrected chi connectivity index (χ2v) is 20.7. The maximum atomic E-state index is 15.7. The summed E-state index contributed by atoms with van der Waals surface area (Å²) < 4.78 is 58.9. The van der Waals surface area contributed by atoms with E-state index >= 15 is 8.78 Å². The van der Waals surface area contributed by atoms with Gasteiger partial charge in [0.2, 0.25) is 17.6 Å². The highest BCUT2D eigenvalue weighted by atomic mass is 32.2. The van der Waals surface area contributed by atoms with Gasteiger partial charge in [-0.25, -0.2) is 13.8 Å². The van der Waals surface area contributed by atoms with E-state index in [4.69, 9.17) is 0 Å². The summed E-state index contributed by atoms with van der Waals surface area (Å²) in [5.41, 5.74) is 2.49. The molecule has 392 valence electrons. The molecule has 5 aromatic rings. The number of nitrogens with zero attached hydrogens (tertiary/aromatic N) is 6. The smallest absolute Gasteiger partial charge is 0.301 e. The summed E-state index contributed by atoms with van der Waals surface area (Å²) in [6.07, 6.45) is 8.32. The molecule has 3 aliphatic heterocycles. The molecule has 21 heteroatoms. The van der Waals surface area contributed by atoms with Crippen LogP contribution in [0, 0.1) is 11.6 Å². The van der Waals surface area contributed by atoms with Crippen LogP contribution in [0.2, 0.25) is 0 Å². The van der Waals surface area contributed by atoms with Crippen molar-refractivity contribution in [3.8, 4) is 11.1 Å². The highest BCUT2D eigenvalue weighted by Crippen LogP contribution is 2.33.